The van der Waals surface area contributed by atoms with Crippen LogP contribution in [0.2, 0.25) is 5.02 Å². The lowest BCUT2D eigenvalue weighted by Gasteiger charge is -2.36. The number of aryl methyl sites for hydroxylation is 2. The number of halogens is 1. The second-order valence-corrected chi connectivity index (χ2v) is 5.62. The summed E-state index contributed by atoms with van der Waals surface area (Å²) in [6.07, 6.45) is 3.41. The van der Waals surface area contributed by atoms with Crippen LogP contribution in [0.1, 0.15) is 5.69 Å². The zero-order chi connectivity index (χ0) is 15.7. The van der Waals surface area contributed by atoms with E-state index >= 15 is 0 Å². The summed E-state index contributed by atoms with van der Waals surface area (Å²) in [5.74, 6) is 0.743. The van der Waals surface area contributed by atoms with Crippen molar-refractivity contribution in [1.29, 1.82) is 0 Å². The smallest absolute Gasteiger partial charge is 0.287 e. The molecule has 7 nitrogen and oxygen atoms in total. The molecule has 8 heteroatoms. The predicted octanol–water partition coefficient (Wildman–Crippen LogP) is 0.859. The SMILES string of the molecule is Cc1ccnc(N2CCN(c3cnn(C)c(=O)c3Cl)CC2)n1. The molecule has 0 atom stereocenters. The van der Waals surface area contributed by atoms with Gasteiger partial charge in [-0.1, -0.05) is 11.6 Å². The maximum absolute atomic E-state index is 11.9. The maximum Gasteiger partial charge on any atom is 0.287 e. The van der Waals surface area contributed by atoms with Gasteiger partial charge in [0.15, 0.2) is 0 Å². The summed E-state index contributed by atoms with van der Waals surface area (Å²) in [4.78, 5) is 24.8. The zero-order valence-electron chi connectivity index (χ0n) is 12.5. The maximum atomic E-state index is 11.9. The summed E-state index contributed by atoms with van der Waals surface area (Å²) in [7, 11) is 1.59. The van der Waals surface area contributed by atoms with Gasteiger partial charge in [-0.05, 0) is 13.0 Å². The third-order valence-corrected chi connectivity index (χ3v) is 4.10. The molecule has 0 aromatic carbocycles. The second-order valence-electron chi connectivity index (χ2n) is 5.24. The number of hydrogen-bond acceptors (Lipinski definition) is 6. The van der Waals surface area contributed by atoms with E-state index in [0.29, 0.717) is 5.69 Å². The standard InChI is InChI=1S/C14H17ClN6O/c1-10-3-4-16-14(18-10)21-7-5-20(6-8-21)11-9-17-19(2)13(22)12(11)15/h3-4,9H,5-8H2,1-2H3. The summed E-state index contributed by atoms with van der Waals surface area (Å²) < 4.78 is 1.24. The van der Waals surface area contributed by atoms with Crippen molar-refractivity contribution in [1.82, 2.24) is 19.7 Å². The van der Waals surface area contributed by atoms with E-state index in [1.54, 1.807) is 19.4 Å². The Morgan fingerprint density at radius 2 is 1.86 bits per heavy atom. The highest BCUT2D eigenvalue weighted by molar-refractivity contribution is 6.33. The molecule has 0 unspecified atom stereocenters. The van der Waals surface area contributed by atoms with Gasteiger partial charge in [-0.3, -0.25) is 4.79 Å². The minimum absolute atomic E-state index is 0.220. The van der Waals surface area contributed by atoms with E-state index in [1.807, 2.05) is 13.0 Å². The Balaban J connectivity index is 1.75. The van der Waals surface area contributed by atoms with Crippen molar-refractivity contribution in [2.24, 2.45) is 7.05 Å². The Kier molecular flexibility index (Phi) is 3.98. The summed E-state index contributed by atoms with van der Waals surface area (Å²) in [5.41, 5.74) is 1.37. The van der Waals surface area contributed by atoms with Crippen LogP contribution in [0.3, 0.4) is 0 Å². The third kappa shape index (κ3) is 2.76. The van der Waals surface area contributed by atoms with Crippen LogP contribution in [0.15, 0.2) is 23.3 Å². The van der Waals surface area contributed by atoms with E-state index in [2.05, 4.69) is 24.9 Å². The molecule has 0 saturated carbocycles. The molecular formula is C14H17ClN6O. The molecule has 1 aliphatic heterocycles. The van der Waals surface area contributed by atoms with E-state index < -0.39 is 0 Å². The van der Waals surface area contributed by atoms with Crippen LogP contribution in [0.5, 0.6) is 0 Å². The average molecular weight is 321 g/mol. The number of aromatic nitrogens is 4. The molecule has 0 aliphatic carbocycles. The number of anilines is 2. The van der Waals surface area contributed by atoms with Gasteiger partial charge in [-0.15, -0.1) is 0 Å². The van der Waals surface area contributed by atoms with Gasteiger partial charge in [0, 0.05) is 45.1 Å². The molecular weight excluding hydrogens is 304 g/mol. The van der Waals surface area contributed by atoms with Crippen molar-refractivity contribution in [2.45, 2.75) is 6.92 Å². The van der Waals surface area contributed by atoms with Crippen LogP contribution < -0.4 is 15.4 Å². The normalized spacial score (nSPS) is 15.2. The Bertz CT molecular complexity index is 738. The van der Waals surface area contributed by atoms with Gasteiger partial charge in [0.05, 0.1) is 11.9 Å². The lowest BCUT2D eigenvalue weighted by atomic mass is 10.3. The molecule has 2 aromatic heterocycles. The Morgan fingerprint density at radius 3 is 2.55 bits per heavy atom. The molecule has 0 N–H and O–H groups in total. The van der Waals surface area contributed by atoms with Gasteiger partial charge in [-0.25, -0.2) is 14.6 Å². The van der Waals surface area contributed by atoms with Crippen LogP contribution in [-0.4, -0.2) is 45.9 Å². The Labute approximate surface area is 133 Å². The lowest BCUT2D eigenvalue weighted by Crippen LogP contribution is -2.47. The van der Waals surface area contributed by atoms with Crippen molar-refractivity contribution in [3.05, 3.63) is 39.5 Å². The van der Waals surface area contributed by atoms with Crippen molar-refractivity contribution in [3.63, 3.8) is 0 Å². The molecule has 0 amide bonds. The molecule has 1 aliphatic rings. The van der Waals surface area contributed by atoms with E-state index in [1.165, 1.54) is 4.68 Å². The highest BCUT2D eigenvalue weighted by atomic mass is 35.5. The summed E-state index contributed by atoms with van der Waals surface area (Å²) in [6.45, 7) is 4.98. The van der Waals surface area contributed by atoms with Crippen LogP contribution in [0.4, 0.5) is 11.6 Å². The molecule has 2 aromatic rings. The minimum atomic E-state index is -0.274. The third-order valence-electron chi connectivity index (χ3n) is 3.75. The van der Waals surface area contributed by atoms with Crippen molar-refractivity contribution in [2.75, 3.05) is 36.0 Å². The monoisotopic (exact) mass is 320 g/mol. The number of hydrogen-bond donors (Lipinski definition) is 0. The fourth-order valence-electron chi connectivity index (χ4n) is 2.46. The van der Waals surface area contributed by atoms with Crippen molar-refractivity contribution in [3.8, 4) is 0 Å². The van der Waals surface area contributed by atoms with Crippen molar-refractivity contribution >= 4 is 23.2 Å². The first-order valence-electron chi connectivity index (χ1n) is 7.07. The first-order chi connectivity index (χ1) is 10.6. The molecule has 0 bridgehead atoms. The molecule has 1 fully saturated rings. The minimum Gasteiger partial charge on any atom is -0.365 e. The van der Waals surface area contributed by atoms with Crippen LogP contribution in [0, 0.1) is 6.92 Å². The summed E-state index contributed by atoms with van der Waals surface area (Å²) >= 11 is 6.15. The lowest BCUT2D eigenvalue weighted by molar-refractivity contribution is 0.631. The van der Waals surface area contributed by atoms with Gasteiger partial charge in [-0.2, -0.15) is 5.10 Å². The summed E-state index contributed by atoms with van der Waals surface area (Å²) in [6, 6.07) is 1.88. The van der Waals surface area contributed by atoms with Gasteiger partial charge >= 0.3 is 0 Å². The molecule has 0 radical (unpaired) electrons. The molecule has 3 rings (SSSR count). The molecule has 1 saturated heterocycles. The van der Waals surface area contributed by atoms with Gasteiger partial charge in [0.2, 0.25) is 5.95 Å². The topological polar surface area (TPSA) is 67.2 Å². The number of nitrogens with zero attached hydrogens (tertiary/aromatic N) is 6. The number of piperazine rings is 1. The highest BCUT2D eigenvalue weighted by Gasteiger charge is 2.22. The first-order valence-corrected chi connectivity index (χ1v) is 7.45. The van der Waals surface area contributed by atoms with Gasteiger partial charge < -0.3 is 9.80 Å². The largest absolute Gasteiger partial charge is 0.365 e. The fraction of sp³-hybridized carbons (Fsp3) is 0.429. The van der Waals surface area contributed by atoms with Crippen LogP contribution in [0.25, 0.3) is 0 Å². The zero-order valence-corrected chi connectivity index (χ0v) is 13.3. The molecule has 22 heavy (non-hydrogen) atoms. The number of rotatable bonds is 2. The molecule has 0 spiro atoms. The van der Waals surface area contributed by atoms with Crippen LogP contribution in [-0.2, 0) is 7.05 Å². The van der Waals surface area contributed by atoms with Crippen molar-refractivity contribution < 1.29 is 0 Å². The molecule has 3 heterocycles. The fourth-order valence-corrected chi connectivity index (χ4v) is 2.75. The predicted molar refractivity (Wildman–Crippen MR) is 85.7 cm³/mol. The van der Waals surface area contributed by atoms with Gasteiger partial charge in [0.1, 0.15) is 5.02 Å². The molecule has 116 valence electrons. The first kappa shape index (κ1) is 14.8. The average Bonchev–Trinajstić information content (AvgIpc) is 2.53. The van der Waals surface area contributed by atoms with E-state index in [-0.39, 0.29) is 10.6 Å². The second kappa shape index (κ2) is 5.92. The quantitative estimate of drug-likeness (QED) is 0.817. The Morgan fingerprint density at radius 1 is 1.18 bits per heavy atom. The van der Waals surface area contributed by atoms with E-state index in [0.717, 1.165) is 37.8 Å². The summed E-state index contributed by atoms with van der Waals surface area (Å²) in [5, 5.41) is 4.26. The van der Waals surface area contributed by atoms with E-state index in [9.17, 15) is 4.79 Å². The van der Waals surface area contributed by atoms with Gasteiger partial charge in [0.25, 0.3) is 5.56 Å². The van der Waals surface area contributed by atoms with Crippen LogP contribution >= 0.6 is 11.6 Å². The van der Waals surface area contributed by atoms with E-state index in [4.69, 9.17) is 11.6 Å². The Hall–Kier alpha value is -2.15. The highest BCUT2D eigenvalue weighted by Crippen LogP contribution is 2.23.